The Morgan fingerprint density at radius 3 is 2.61 bits per heavy atom. The maximum Gasteiger partial charge on any atom is 0.168 e. The van der Waals surface area contributed by atoms with Crippen molar-refractivity contribution in [3.05, 3.63) is 64.9 Å². The molecular weight excluding hydrogens is 470 g/mol. The van der Waals surface area contributed by atoms with Crippen LogP contribution in [0.4, 0.5) is 0 Å². The third-order valence-electron chi connectivity index (χ3n) is 10.5. The van der Waals surface area contributed by atoms with Crippen LogP contribution in [-0.4, -0.2) is 30.2 Å². The molecule has 6 atom stereocenters. The molecule has 1 N–H and O–H groups in total. The van der Waals surface area contributed by atoms with E-state index in [2.05, 4.69) is 63.8 Å². The highest BCUT2D eigenvalue weighted by molar-refractivity contribution is 5.44. The van der Waals surface area contributed by atoms with E-state index < -0.39 is 0 Å². The highest BCUT2D eigenvalue weighted by Gasteiger charge is 2.56. The average molecular weight is 518 g/mol. The first kappa shape index (κ1) is 27.1. The van der Waals surface area contributed by atoms with Crippen molar-refractivity contribution in [2.45, 2.75) is 79.2 Å². The fourth-order valence-corrected chi connectivity index (χ4v) is 8.56. The first-order valence-electron chi connectivity index (χ1n) is 14.8. The zero-order chi connectivity index (χ0) is 27.0. The lowest BCUT2D eigenvalue weighted by atomic mass is 9.51. The molecule has 2 aromatic rings. The molecule has 0 aromatic heterocycles. The van der Waals surface area contributed by atoms with Crippen molar-refractivity contribution < 1.29 is 14.6 Å². The van der Waals surface area contributed by atoms with Gasteiger partial charge in [0.15, 0.2) is 11.5 Å². The monoisotopic (exact) mass is 517 g/mol. The fourth-order valence-electron chi connectivity index (χ4n) is 8.56. The van der Waals surface area contributed by atoms with Crippen LogP contribution >= 0.6 is 0 Å². The molecule has 206 valence electrons. The summed E-state index contributed by atoms with van der Waals surface area (Å²) in [7, 11) is 1.73. The number of aromatic hydroxyl groups is 1. The topological polar surface area (TPSA) is 41.9 Å². The molecule has 2 saturated carbocycles. The van der Waals surface area contributed by atoms with Crippen molar-refractivity contribution in [2.24, 2.45) is 29.1 Å². The third-order valence-corrected chi connectivity index (χ3v) is 10.5. The SMILES string of the molecule is CCN(CC)Cc1ccc(O/C=C(/C)[C@H]2CCC3C4[C@H](C)Cc5cc(O)ccc5[C@H]4CC[C@@]32C)c(OC)c1. The summed E-state index contributed by atoms with van der Waals surface area (Å²) in [6, 6.07) is 12.5. The Bertz CT molecular complexity index is 1170. The number of phenols is 1. The van der Waals surface area contributed by atoms with Crippen LogP contribution in [-0.2, 0) is 13.0 Å². The van der Waals surface area contributed by atoms with Gasteiger partial charge in [0.25, 0.3) is 0 Å². The van der Waals surface area contributed by atoms with E-state index in [0.29, 0.717) is 28.9 Å². The maximum absolute atomic E-state index is 10.1. The first-order valence-corrected chi connectivity index (χ1v) is 14.8. The molecule has 3 aliphatic carbocycles. The van der Waals surface area contributed by atoms with Crippen molar-refractivity contribution in [1.29, 1.82) is 0 Å². The minimum Gasteiger partial charge on any atom is -0.508 e. The predicted octanol–water partition coefficient (Wildman–Crippen LogP) is 7.94. The molecule has 0 saturated heterocycles. The molecule has 2 unspecified atom stereocenters. The summed E-state index contributed by atoms with van der Waals surface area (Å²) in [4.78, 5) is 2.40. The Labute approximate surface area is 230 Å². The molecule has 0 amide bonds. The third kappa shape index (κ3) is 4.85. The van der Waals surface area contributed by atoms with Crippen LogP contribution in [0.25, 0.3) is 0 Å². The number of nitrogens with zero attached hydrogens (tertiary/aromatic N) is 1. The smallest absolute Gasteiger partial charge is 0.168 e. The van der Waals surface area contributed by atoms with E-state index in [0.717, 1.165) is 49.4 Å². The second-order valence-electron chi connectivity index (χ2n) is 12.5. The zero-order valence-electron chi connectivity index (χ0n) is 24.3. The van der Waals surface area contributed by atoms with Gasteiger partial charge in [0.2, 0.25) is 0 Å². The molecule has 0 spiro atoms. The molecule has 0 radical (unpaired) electrons. The van der Waals surface area contributed by atoms with Crippen molar-refractivity contribution in [3.63, 3.8) is 0 Å². The van der Waals surface area contributed by atoms with E-state index in [1.807, 2.05) is 18.4 Å². The van der Waals surface area contributed by atoms with Crippen LogP contribution in [0.5, 0.6) is 17.2 Å². The number of hydrogen-bond acceptors (Lipinski definition) is 4. The largest absolute Gasteiger partial charge is 0.508 e. The number of phenolic OH excluding ortho intramolecular Hbond substituents is 1. The summed E-state index contributed by atoms with van der Waals surface area (Å²) in [5.74, 6) is 5.29. The molecule has 0 bridgehead atoms. The van der Waals surface area contributed by atoms with E-state index >= 15 is 0 Å². The number of benzene rings is 2. The lowest BCUT2D eigenvalue weighted by molar-refractivity contribution is 0.0133. The Kier molecular flexibility index (Phi) is 7.82. The van der Waals surface area contributed by atoms with Gasteiger partial charge in [-0.15, -0.1) is 0 Å². The summed E-state index contributed by atoms with van der Waals surface area (Å²) in [5, 5.41) is 10.1. The molecule has 4 heteroatoms. The first-order chi connectivity index (χ1) is 18.3. The Morgan fingerprint density at radius 2 is 1.87 bits per heavy atom. The zero-order valence-corrected chi connectivity index (χ0v) is 24.3. The van der Waals surface area contributed by atoms with Gasteiger partial charge in [-0.05, 0) is 134 Å². The van der Waals surface area contributed by atoms with Crippen molar-refractivity contribution in [1.82, 2.24) is 4.90 Å². The highest BCUT2D eigenvalue weighted by Crippen LogP contribution is 2.65. The van der Waals surface area contributed by atoms with E-state index in [1.54, 1.807) is 7.11 Å². The van der Waals surface area contributed by atoms with Crippen molar-refractivity contribution >= 4 is 0 Å². The molecule has 3 aliphatic rings. The molecule has 38 heavy (non-hydrogen) atoms. The molecule has 0 heterocycles. The maximum atomic E-state index is 10.1. The fraction of sp³-hybridized carbons (Fsp3) is 0.588. The second kappa shape index (κ2) is 11.0. The van der Waals surface area contributed by atoms with E-state index in [4.69, 9.17) is 9.47 Å². The Hall–Kier alpha value is -2.46. The van der Waals surface area contributed by atoms with Gasteiger partial charge in [0.05, 0.1) is 13.4 Å². The van der Waals surface area contributed by atoms with Gasteiger partial charge in [-0.2, -0.15) is 0 Å². The number of rotatable bonds is 8. The summed E-state index contributed by atoms with van der Waals surface area (Å²) in [5.41, 5.74) is 5.80. The van der Waals surface area contributed by atoms with Crippen molar-refractivity contribution in [3.8, 4) is 17.2 Å². The van der Waals surface area contributed by atoms with Gasteiger partial charge >= 0.3 is 0 Å². The summed E-state index contributed by atoms with van der Waals surface area (Å²) < 4.78 is 12.0. The van der Waals surface area contributed by atoms with Gasteiger partial charge < -0.3 is 14.6 Å². The minimum absolute atomic E-state index is 0.311. The van der Waals surface area contributed by atoms with Crippen LogP contribution in [0.2, 0.25) is 0 Å². The van der Waals surface area contributed by atoms with Gasteiger partial charge in [-0.1, -0.05) is 39.8 Å². The highest BCUT2D eigenvalue weighted by atomic mass is 16.5. The number of ether oxygens (including phenoxy) is 2. The molecule has 2 fully saturated rings. The van der Waals surface area contributed by atoms with Gasteiger partial charge in [0.1, 0.15) is 5.75 Å². The van der Waals surface area contributed by atoms with E-state index in [9.17, 15) is 5.11 Å². The average Bonchev–Trinajstić information content (AvgIpc) is 3.27. The molecule has 5 rings (SSSR count). The summed E-state index contributed by atoms with van der Waals surface area (Å²) in [6.45, 7) is 14.7. The quantitative estimate of drug-likeness (QED) is 0.361. The number of fused-ring (bicyclic) bond motifs is 5. The van der Waals surface area contributed by atoms with Gasteiger partial charge in [-0.25, -0.2) is 0 Å². The van der Waals surface area contributed by atoms with Gasteiger partial charge in [-0.3, -0.25) is 4.90 Å². The standard InChI is InChI=1S/C34H47NO3/c1-7-35(8-2)20-24-9-14-31(32(18-24)37-6)38-21-23(4)29-12-13-30-33-22(3)17-25-19-26(36)10-11-27(25)28(33)15-16-34(29,30)5/h9-11,14,18-19,21-22,28-30,33,36H,7-8,12-13,15-17,20H2,1-6H3/b23-21-/t22-,28-,29-,30?,33?,34-/m1/s1. The van der Waals surface area contributed by atoms with E-state index in [1.165, 1.54) is 47.9 Å². The number of allylic oxidation sites excluding steroid dienone is 1. The van der Waals surface area contributed by atoms with Crippen LogP contribution in [0.15, 0.2) is 48.2 Å². The molecular formula is C34H47NO3. The molecule has 0 aliphatic heterocycles. The van der Waals surface area contributed by atoms with Crippen LogP contribution in [0.1, 0.15) is 82.9 Å². The summed E-state index contributed by atoms with van der Waals surface area (Å²) >= 11 is 0. The lowest BCUT2D eigenvalue weighted by Gasteiger charge is -2.53. The molecule has 2 aromatic carbocycles. The second-order valence-corrected chi connectivity index (χ2v) is 12.5. The normalized spacial score (nSPS) is 30.5. The van der Waals surface area contributed by atoms with Crippen LogP contribution in [0, 0.1) is 29.1 Å². The predicted molar refractivity (Wildman–Crippen MR) is 155 cm³/mol. The Morgan fingerprint density at radius 1 is 1.08 bits per heavy atom. The lowest BCUT2D eigenvalue weighted by Crippen LogP contribution is -2.45. The van der Waals surface area contributed by atoms with Gasteiger partial charge in [0, 0.05) is 6.54 Å². The van der Waals surface area contributed by atoms with Crippen molar-refractivity contribution in [2.75, 3.05) is 20.2 Å². The number of hydrogen-bond donors (Lipinski definition) is 1. The van der Waals surface area contributed by atoms with Crippen LogP contribution in [0.3, 0.4) is 0 Å². The minimum atomic E-state index is 0.311. The van der Waals surface area contributed by atoms with E-state index in [-0.39, 0.29) is 0 Å². The Balaban J connectivity index is 1.32. The summed E-state index contributed by atoms with van der Waals surface area (Å²) in [6.07, 6.45) is 8.13. The number of methoxy groups -OCH3 is 1. The molecule has 4 nitrogen and oxygen atoms in total. The van der Waals surface area contributed by atoms with Crippen LogP contribution < -0.4 is 9.47 Å².